The smallest absolute Gasteiger partial charge is 0.194 e. The van der Waals surface area contributed by atoms with Gasteiger partial charge in [-0.15, -0.1) is 0 Å². The summed E-state index contributed by atoms with van der Waals surface area (Å²) in [6.45, 7) is 9.76. The standard InChI is InChI=1S/C22H22N/c1-14-9-15(2)11-20(10-14)18-5-6-19-13-23-8-7-16(3)17(4)22(23)21(19)12-18/h5-12H,13H2,1-4H3/q+1. The van der Waals surface area contributed by atoms with Crippen molar-refractivity contribution < 1.29 is 4.57 Å². The van der Waals surface area contributed by atoms with E-state index in [2.05, 4.69) is 80.9 Å². The number of rotatable bonds is 1. The lowest BCUT2D eigenvalue weighted by molar-refractivity contribution is -0.672. The van der Waals surface area contributed by atoms with Gasteiger partial charge in [-0.05, 0) is 50.5 Å². The van der Waals surface area contributed by atoms with E-state index in [-0.39, 0.29) is 0 Å². The van der Waals surface area contributed by atoms with Crippen molar-refractivity contribution in [2.24, 2.45) is 0 Å². The average molecular weight is 300 g/mol. The second-order valence-corrected chi connectivity index (χ2v) is 6.85. The van der Waals surface area contributed by atoms with Crippen LogP contribution in [0.5, 0.6) is 0 Å². The van der Waals surface area contributed by atoms with Gasteiger partial charge in [-0.25, -0.2) is 0 Å². The molecule has 0 aliphatic carbocycles. The lowest BCUT2D eigenvalue weighted by Crippen LogP contribution is -2.32. The summed E-state index contributed by atoms with van der Waals surface area (Å²) in [6, 6.07) is 15.9. The molecule has 0 saturated heterocycles. The van der Waals surface area contributed by atoms with E-state index >= 15 is 0 Å². The van der Waals surface area contributed by atoms with Crippen LogP contribution in [-0.2, 0) is 6.54 Å². The Morgan fingerprint density at radius 3 is 2.26 bits per heavy atom. The molecule has 0 N–H and O–H groups in total. The second kappa shape index (κ2) is 5.06. The monoisotopic (exact) mass is 300 g/mol. The van der Waals surface area contributed by atoms with E-state index in [1.54, 1.807) is 0 Å². The highest BCUT2D eigenvalue weighted by Crippen LogP contribution is 2.34. The van der Waals surface area contributed by atoms with Crippen LogP contribution in [-0.4, -0.2) is 0 Å². The van der Waals surface area contributed by atoms with E-state index in [1.165, 1.54) is 50.2 Å². The van der Waals surface area contributed by atoms with Crippen molar-refractivity contribution in [2.45, 2.75) is 34.2 Å². The lowest BCUT2D eigenvalue weighted by Gasteiger charge is -2.07. The quantitative estimate of drug-likeness (QED) is 0.440. The van der Waals surface area contributed by atoms with Crippen LogP contribution >= 0.6 is 0 Å². The second-order valence-electron chi connectivity index (χ2n) is 6.85. The molecule has 1 heteroatoms. The van der Waals surface area contributed by atoms with Crippen LogP contribution in [0.15, 0.2) is 48.7 Å². The van der Waals surface area contributed by atoms with Gasteiger partial charge in [0.05, 0.1) is 5.56 Å². The number of aromatic nitrogens is 1. The van der Waals surface area contributed by atoms with Crippen LogP contribution in [0.2, 0.25) is 0 Å². The molecule has 0 fully saturated rings. The maximum atomic E-state index is 2.37. The van der Waals surface area contributed by atoms with E-state index < -0.39 is 0 Å². The Morgan fingerprint density at radius 2 is 1.52 bits per heavy atom. The number of hydrogen-bond acceptors (Lipinski definition) is 0. The van der Waals surface area contributed by atoms with Crippen molar-refractivity contribution in [1.82, 2.24) is 0 Å². The Bertz CT molecular complexity index is 915. The molecule has 1 nitrogen and oxygen atoms in total. The number of pyridine rings is 1. The Labute approximate surface area is 138 Å². The van der Waals surface area contributed by atoms with E-state index in [4.69, 9.17) is 0 Å². The minimum Gasteiger partial charge on any atom is -0.194 e. The van der Waals surface area contributed by atoms with E-state index in [1.807, 2.05) is 0 Å². The van der Waals surface area contributed by atoms with Gasteiger partial charge in [-0.2, -0.15) is 4.57 Å². The van der Waals surface area contributed by atoms with Crippen molar-refractivity contribution in [3.05, 3.63) is 76.5 Å². The van der Waals surface area contributed by atoms with Gasteiger partial charge in [0, 0.05) is 17.2 Å². The zero-order chi connectivity index (χ0) is 16.1. The maximum Gasteiger partial charge on any atom is 0.216 e. The molecule has 0 atom stereocenters. The van der Waals surface area contributed by atoms with E-state index in [9.17, 15) is 0 Å². The van der Waals surface area contributed by atoms with Gasteiger partial charge in [-0.1, -0.05) is 41.5 Å². The average Bonchev–Trinajstić information content (AvgIpc) is 2.88. The third-order valence-electron chi connectivity index (χ3n) is 5.00. The summed E-state index contributed by atoms with van der Waals surface area (Å²) in [7, 11) is 0. The van der Waals surface area contributed by atoms with Crippen LogP contribution in [0.25, 0.3) is 22.4 Å². The molecule has 0 saturated carbocycles. The molecule has 3 aromatic rings. The topological polar surface area (TPSA) is 3.88 Å². The summed E-state index contributed by atoms with van der Waals surface area (Å²) in [5, 5.41) is 0. The molecule has 0 amide bonds. The predicted molar refractivity (Wildman–Crippen MR) is 95.6 cm³/mol. The third-order valence-corrected chi connectivity index (χ3v) is 5.00. The van der Waals surface area contributed by atoms with Gasteiger partial charge in [0.15, 0.2) is 12.7 Å². The molecular formula is C22H22N+. The molecule has 1 aliphatic rings. The van der Waals surface area contributed by atoms with Crippen molar-refractivity contribution in [1.29, 1.82) is 0 Å². The first-order chi connectivity index (χ1) is 11.0. The van der Waals surface area contributed by atoms with Gasteiger partial charge in [0.2, 0.25) is 5.69 Å². The highest BCUT2D eigenvalue weighted by molar-refractivity contribution is 5.76. The molecule has 1 aromatic heterocycles. The number of fused-ring (bicyclic) bond motifs is 3. The van der Waals surface area contributed by atoms with E-state index in [0.29, 0.717) is 0 Å². The summed E-state index contributed by atoms with van der Waals surface area (Å²) in [5.41, 5.74) is 12.2. The molecular weight excluding hydrogens is 278 g/mol. The summed E-state index contributed by atoms with van der Waals surface area (Å²) >= 11 is 0. The van der Waals surface area contributed by atoms with Crippen molar-refractivity contribution in [3.8, 4) is 22.4 Å². The van der Waals surface area contributed by atoms with Gasteiger partial charge in [-0.3, -0.25) is 0 Å². The van der Waals surface area contributed by atoms with Crippen LogP contribution in [0, 0.1) is 27.7 Å². The summed E-state index contributed by atoms with van der Waals surface area (Å²) < 4.78 is 2.37. The molecule has 23 heavy (non-hydrogen) atoms. The Morgan fingerprint density at radius 1 is 0.783 bits per heavy atom. The Hall–Kier alpha value is -2.41. The van der Waals surface area contributed by atoms with Crippen molar-refractivity contribution in [2.75, 3.05) is 0 Å². The number of benzene rings is 2. The van der Waals surface area contributed by atoms with Crippen molar-refractivity contribution in [3.63, 3.8) is 0 Å². The zero-order valence-corrected chi connectivity index (χ0v) is 14.3. The number of nitrogens with zero attached hydrogens (tertiary/aromatic N) is 1. The summed E-state index contributed by atoms with van der Waals surface area (Å²) in [4.78, 5) is 0. The molecule has 0 unspecified atom stereocenters. The largest absolute Gasteiger partial charge is 0.216 e. The SMILES string of the molecule is Cc1cc(C)cc(-c2ccc3c(c2)-c2c(C)c(C)cc[n+]2C3)c1. The van der Waals surface area contributed by atoms with Crippen LogP contribution in [0.3, 0.4) is 0 Å². The number of aryl methyl sites for hydroxylation is 3. The molecule has 2 aromatic carbocycles. The van der Waals surface area contributed by atoms with Crippen LogP contribution in [0.1, 0.15) is 27.8 Å². The first kappa shape index (κ1) is 14.2. The molecule has 0 bridgehead atoms. The predicted octanol–water partition coefficient (Wildman–Crippen LogP) is 4.90. The van der Waals surface area contributed by atoms with Gasteiger partial charge < -0.3 is 0 Å². The normalized spacial score (nSPS) is 12.2. The first-order valence-corrected chi connectivity index (χ1v) is 8.24. The third kappa shape index (κ3) is 2.28. The fourth-order valence-electron chi connectivity index (χ4n) is 3.73. The molecule has 0 spiro atoms. The Balaban J connectivity index is 1.91. The Kier molecular flexibility index (Phi) is 3.12. The van der Waals surface area contributed by atoms with E-state index in [0.717, 1.165) is 6.54 Å². The molecule has 114 valence electrons. The summed E-state index contributed by atoms with van der Waals surface area (Å²) in [5.74, 6) is 0. The minimum absolute atomic E-state index is 0.985. The lowest BCUT2D eigenvalue weighted by atomic mass is 9.95. The zero-order valence-electron chi connectivity index (χ0n) is 14.3. The molecule has 1 aliphatic heterocycles. The summed E-state index contributed by atoms with van der Waals surface area (Å²) in [6.07, 6.45) is 2.22. The molecule has 2 heterocycles. The highest BCUT2D eigenvalue weighted by Gasteiger charge is 2.28. The highest BCUT2D eigenvalue weighted by atomic mass is 15.0. The fourth-order valence-corrected chi connectivity index (χ4v) is 3.73. The number of hydrogen-bond donors (Lipinski definition) is 0. The maximum absolute atomic E-state index is 2.37. The molecule has 4 rings (SSSR count). The minimum atomic E-state index is 0.985. The molecule has 0 radical (unpaired) electrons. The van der Waals surface area contributed by atoms with Crippen LogP contribution in [0.4, 0.5) is 0 Å². The van der Waals surface area contributed by atoms with Gasteiger partial charge in [0.1, 0.15) is 0 Å². The van der Waals surface area contributed by atoms with Gasteiger partial charge in [0.25, 0.3) is 0 Å². The van der Waals surface area contributed by atoms with Gasteiger partial charge >= 0.3 is 0 Å². The fraction of sp³-hybridized carbons (Fsp3) is 0.227. The van der Waals surface area contributed by atoms with Crippen LogP contribution < -0.4 is 4.57 Å². The van der Waals surface area contributed by atoms with Crippen molar-refractivity contribution >= 4 is 0 Å². The first-order valence-electron chi connectivity index (χ1n) is 8.24.